The van der Waals surface area contributed by atoms with Gasteiger partial charge in [0.05, 0.1) is 0 Å². The van der Waals surface area contributed by atoms with E-state index in [1.807, 2.05) is 0 Å². The standard InChI is InChI=1S/C7H7BN2/c8-6-2-1-5(4-9)7(10)3-6/h1-4,9H,10H2. The molecule has 2 nitrogen and oxygen atoms in total. The Morgan fingerprint density at radius 2 is 2.20 bits per heavy atom. The predicted octanol–water partition coefficient (Wildman–Crippen LogP) is 0.0603. The van der Waals surface area contributed by atoms with Crippen molar-refractivity contribution in [2.75, 3.05) is 5.73 Å². The fraction of sp³-hybridized carbons (Fsp3) is 0. The molecule has 10 heavy (non-hydrogen) atoms. The molecule has 0 saturated carbocycles. The van der Waals surface area contributed by atoms with Gasteiger partial charge in [-0.1, -0.05) is 17.6 Å². The number of hydrogen-bond acceptors (Lipinski definition) is 2. The van der Waals surface area contributed by atoms with Crippen LogP contribution in [-0.2, 0) is 0 Å². The van der Waals surface area contributed by atoms with Crippen LogP contribution in [0.1, 0.15) is 5.56 Å². The van der Waals surface area contributed by atoms with E-state index in [2.05, 4.69) is 0 Å². The maximum absolute atomic E-state index is 6.91. The zero-order valence-corrected chi connectivity index (χ0v) is 5.46. The highest BCUT2D eigenvalue weighted by molar-refractivity contribution is 6.32. The largest absolute Gasteiger partial charge is 0.398 e. The Bertz CT molecular complexity index is 258. The molecule has 0 fully saturated rings. The Kier molecular flexibility index (Phi) is 1.76. The molecule has 0 aromatic heterocycles. The van der Waals surface area contributed by atoms with Gasteiger partial charge in [0.1, 0.15) is 7.85 Å². The van der Waals surface area contributed by atoms with Gasteiger partial charge >= 0.3 is 0 Å². The van der Waals surface area contributed by atoms with Crippen molar-refractivity contribution in [3.05, 3.63) is 23.8 Å². The van der Waals surface area contributed by atoms with Crippen molar-refractivity contribution in [3.8, 4) is 0 Å². The van der Waals surface area contributed by atoms with Gasteiger partial charge < -0.3 is 11.1 Å². The number of nitrogen functional groups attached to an aromatic ring is 1. The molecule has 3 heteroatoms. The molecule has 0 unspecified atom stereocenters. The second-order valence-corrected chi connectivity index (χ2v) is 2.03. The highest BCUT2D eigenvalue weighted by Gasteiger charge is 1.92. The minimum absolute atomic E-state index is 0.551. The molecule has 0 heterocycles. The first kappa shape index (κ1) is 6.87. The fourth-order valence-electron chi connectivity index (χ4n) is 0.725. The molecular weight excluding hydrogens is 123 g/mol. The SMILES string of the molecule is [B]c1ccc(C=N)c(N)c1. The molecule has 3 N–H and O–H groups in total. The molecule has 0 aliphatic heterocycles. The van der Waals surface area contributed by atoms with E-state index >= 15 is 0 Å². The minimum atomic E-state index is 0.551. The highest BCUT2D eigenvalue weighted by atomic mass is 14.6. The minimum Gasteiger partial charge on any atom is -0.398 e. The first-order chi connectivity index (χ1) is 4.74. The molecular formula is C7H7BN2. The zero-order valence-electron chi connectivity index (χ0n) is 5.46. The van der Waals surface area contributed by atoms with Gasteiger partial charge in [0.25, 0.3) is 0 Å². The van der Waals surface area contributed by atoms with Crippen LogP contribution < -0.4 is 11.2 Å². The third-order valence-electron chi connectivity index (χ3n) is 1.27. The summed E-state index contributed by atoms with van der Waals surface area (Å²) in [4.78, 5) is 0. The van der Waals surface area contributed by atoms with Crippen molar-refractivity contribution < 1.29 is 0 Å². The molecule has 0 amide bonds. The van der Waals surface area contributed by atoms with Crippen molar-refractivity contribution in [1.82, 2.24) is 0 Å². The molecule has 1 aromatic rings. The number of hydrogen-bond donors (Lipinski definition) is 2. The van der Waals surface area contributed by atoms with E-state index in [0.717, 1.165) is 0 Å². The first-order valence-electron chi connectivity index (χ1n) is 2.89. The molecule has 1 rings (SSSR count). The monoisotopic (exact) mass is 130 g/mol. The average molecular weight is 130 g/mol. The van der Waals surface area contributed by atoms with E-state index in [9.17, 15) is 0 Å². The highest BCUT2D eigenvalue weighted by Crippen LogP contribution is 2.04. The van der Waals surface area contributed by atoms with Crippen molar-refractivity contribution in [2.24, 2.45) is 0 Å². The lowest BCUT2D eigenvalue weighted by molar-refractivity contribution is 1.54. The third-order valence-corrected chi connectivity index (χ3v) is 1.27. The van der Waals surface area contributed by atoms with E-state index in [0.29, 0.717) is 16.7 Å². The lowest BCUT2D eigenvalue weighted by atomic mass is 9.94. The number of nitrogens with one attached hydrogen (secondary N) is 1. The van der Waals surface area contributed by atoms with Crippen molar-refractivity contribution in [3.63, 3.8) is 0 Å². The summed E-state index contributed by atoms with van der Waals surface area (Å²) in [6.07, 6.45) is 1.20. The van der Waals surface area contributed by atoms with Gasteiger partial charge in [-0.25, -0.2) is 0 Å². The molecule has 0 atom stereocenters. The Balaban J connectivity index is 3.19. The summed E-state index contributed by atoms with van der Waals surface area (Å²) in [5.41, 5.74) is 7.38. The topological polar surface area (TPSA) is 49.9 Å². The Morgan fingerprint density at radius 3 is 2.70 bits per heavy atom. The molecule has 0 saturated heterocycles. The number of rotatable bonds is 1. The molecule has 0 aliphatic rings. The van der Waals surface area contributed by atoms with Crippen LogP contribution in [0.15, 0.2) is 18.2 Å². The summed E-state index contributed by atoms with van der Waals surface area (Å²) in [5.74, 6) is 0. The second-order valence-electron chi connectivity index (χ2n) is 2.03. The number of nitrogens with two attached hydrogens (primary N) is 1. The van der Waals surface area contributed by atoms with Crippen LogP contribution >= 0.6 is 0 Å². The summed E-state index contributed by atoms with van der Waals surface area (Å²) in [7, 11) is 5.43. The first-order valence-corrected chi connectivity index (χ1v) is 2.89. The van der Waals surface area contributed by atoms with Crippen LogP contribution in [0.25, 0.3) is 0 Å². The van der Waals surface area contributed by atoms with Crippen LogP contribution in [-0.4, -0.2) is 14.1 Å². The smallest absolute Gasteiger partial charge is 0.113 e. The zero-order chi connectivity index (χ0) is 7.56. The summed E-state index contributed by atoms with van der Waals surface area (Å²) < 4.78 is 0. The van der Waals surface area contributed by atoms with Gasteiger partial charge in [-0.2, -0.15) is 0 Å². The predicted molar refractivity (Wildman–Crippen MR) is 44.1 cm³/mol. The average Bonchev–Trinajstić information content (AvgIpc) is 1.88. The summed E-state index contributed by atoms with van der Waals surface area (Å²) >= 11 is 0. The number of anilines is 1. The Hall–Kier alpha value is -1.25. The van der Waals surface area contributed by atoms with Crippen LogP contribution in [0.3, 0.4) is 0 Å². The van der Waals surface area contributed by atoms with Gasteiger partial charge in [0.15, 0.2) is 0 Å². The lowest BCUT2D eigenvalue weighted by Crippen LogP contribution is -2.04. The summed E-state index contributed by atoms with van der Waals surface area (Å²) in [6, 6.07) is 5.08. The normalized spacial score (nSPS) is 9.20. The van der Waals surface area contributed by atoms with Gasteiger partial charge in [-0.3, -0.25) is 0 Å². The van der Waals surface area contributed by atoms with Gasteiger partial charge in [0.2, 0.25) is 0 Å². The Labute approximate surface area is 61.0 Å². The van der Waals surface area contributed by atoms with Crippen molar-refractivity contribution >= 4 is 25.2 Å². The van der Waals surface area contributed by atoms with E-state index in [4.69, 9.17) is 19.0 Å². The van der Waals surface area contributed by atoms with Crippen LogP contribution in [0.2, 0.25) is 0 Å². The molecule has 1 aromatic carbocycles. The number of benzene rings is 1. The fourth-order valence-corrected chi connectivity index (χ4v) is 0.725. The van der Waals surface area contributed by atoms with E-state index in [-0.39, 0.29) is 0 Å². The summed E-state index contributed by atoms with van der Waals surface area (Å²) in [6.45, 7) is 0. The second kappa shape index (κ2) is 2.56. The van der Waals surface area contributed by atoms with E-state index in [1.54, 1.807) is 18.2 Å². The van der Waals surface area contributed by atoms with Crippen LogP contribution in [0.5, 0.6) is 0 Å². The molecule has 2 radical (unpaired) electrons. The maximum atomic E-state index is 6.91. The van der Waals surface area contributed by atoms with Crippen molar-refractivity contribution in [1.29, 1.82) is 5.41 Å². The lowest BCUT2D eigenvalue weighted by Gasteiger charge is -1.99. The van der Waals surface area contributed by atoms with Gasteiger partial charge in [-0.15, -0.1) is 0 Å². The molecule has 0 bridgehead atoms. The van der Waals surface area contributed by atoms with E-state index < -0.39 is 0 Å². The van der Waals surface area contributed by atoms with Gasteiger partial charge in [0, 0.05) is 17.5 Å². The quantitative estimate of drug-likeness (QED) is 0.315. The van der Waals surface area contributed by atoms with Gasteiger partial charge in [-0.05, 0) is 6.07 Å². The Morgan fingerprint density at radius 1 is 1.50 bits per heavy atom. The van der Waals surface area contributed by atoms with Crippen LogP contribution in [0.4, 0.5) is 5.69 Å². The van der Waals surface area contributed by atoms with Crippen LogP contribution in [0, 0.1) is 5.41 Å². The third kappa shape index (κ3) is 1.18. The molecule has 0 aliphatic carbocycles. The molecule has 0 spiro atoms. The molecule has 48 valence electrons. The maximum Gasteiger partial charge on any atom is 0.113 e. The van der Waals surface area contributed by atoms with Crippen molar-refractivity contribution in [2.45, 2.75) is 0 Å². The summed E-state index contributed by atoms with van der Waals surface area (Å²) in [5, 5.41) is 6.91. The van der Waals surface area contributed by atoms with E-state index in [1.165, 1.54) is 6.21 Å².